The number of unbranched alkanes of at least 4 members (excludes halogenated alkanes) is 3. The number of carbonyl (C=O) groups is 1. The number of nitrogens with zero attached hydrogens (tertiary/aromatic N) is 1. The fraction of sp³-hybridized carbons (Fsp3) is 0.400. The van der Waals surface area contributed by atoms with Crippen molar-refractivity contribution < 1.29 is 14.3 Å². The highest BCUT2D eigenvalue weighted by Crippen LogP contribution is 2.21. The first kappa shape index (κ1) is 18.0. The second kappa shape index (κ2) is 9.71. The number of ether oxygens (including phenoxy) is 2. The monoisotopic (exact) mass is 327 g/mol. The molecule has 1 aromatic heterocycles. The van der Waals surface area contributed by atoms with Gasteiger partial charge in [-0.2, -0.15) is 0 Å². The van der Waals surface area contributed by atoms with Gasteiger partial charge in [-0.25, -0.2) is 9.78 Å². The van der Waals surface area contributed by atoms with E-state index >= 15 is 0 Å². The molecule has 24 heavy (non-hydrogen) atoms. The van der Waals surface area contributed by atoms with Crippen LogP contribution in [0.25, 0.3) is 11.3 Å². The Labute approximate surface area is 143 Å². The molecule has 2 rings (SSSR count). The minimum absolute atomic E-state index is 0.344. The molecule has 0 aliphatic heterocycles. The highest BCUT2D eigenvalue weighted by atomic mass is 16.5. The Hall–Kier alpha value is -2.36. The van der Waals surface area contributed by atoms with E-state index in [1.54, 1.807) is 6.07 Å². The van der Waals surface area contributed by atoms with Crippen LogP contribution in [0.4, 0.5) is 0 Å². The van der Waals surface area contributed by atoms with Gasteiger partial charge in [0.05, 0.1) is 18.9 Å². The summed E-state index contributed by atoms with van der Waals surface area (Å²) in [4.78, 5) is 16.5. The van der Waals surface area contributed by atoms with Crippen molar-refractivity contribution in [2.75, 3.05) is 13.2 Å². The van der Waals surface area contributed by atoms with E-state index in [0.29, 0.717) is 18.9 Å². The predicted molar refractivity (Wildman–Crippen MR) is 95.3 cm³/mol. The van der Waals surface area contributed by atoms with E-state index in [4.69, 9.17) is 9.47 Å². The molecule has 1 heterocycles. The zero-order valence-electron chi connectivity index (χ0n) is 14.5. The lowest BCUT2D eigenvalue weighted by Gasteiger charge is -2.07. The quantitative estimate of drug-likeness (QED) is 0.486. The van der Waals surface area contributed by atoms with Gasteiger partial charge in [-0.3, -0.25) is 0 Å². The molecular weight excluding hydrogens is 302 g/mol. The minimum atomic E-state index is -0.362. The molecular formula is C20H25NO3. The number of hydrogen-bond acceptors (Lipinski definition) is 4. The Kier molecular flexibility index (Phi) is 7.27. The molecule has 4 nitrogen and oxygen atoms in total. The van der Waals surface area contributed by atoms with E-state index in [0.717, 1.165) is 29.8 Å². The number of pyridine rings is 1. The molecule has 2 aromatic rings. The van der Waals surface area contributed by atoms with Crippen molar-refractivity contribution in [2.24, 2.45) is 0 Å². The van der Waals surface area contributed by atoms with Crippen molar-refractivity contribution in [3.63, 3.8) is 0 Å². The van der Waals surface area contributed by atoms with Crippen LogP contribution in [0.1, 0.15) is 50.0 Å². The van der Waals surface area contributed by atoms with E-state index in [1.807, 2.05) is 43.3 Å². The average Bonchev–Trinajstić information content (AvgIpc) is 2.62. The van der Waals surface area contributed by atoms with Crippen molar-refractivity contribution in [3.05, 3.63) is 48.2 Å². The van der Waals surface area contributed by atoms with Gasteiger partial charge in [0, 0.05) is 5.56 Å². The molecule has 0 atom stereocenters. The van der Waals surface area contributed by atoms with Gasteiger partial charge < -0.3 is 9.47 Å². The lowest BCUT2D eigenvalue weighted by Crippen LogP contribution is -2.08. The van der Waals surface area contributed by atoms with Crippen LogP contribution < -0.4 is 4.74 Å². The molecule has 128 valence electrons. The minimum Gasteiger partial charge on any atom is -0.494 e. The van der Waals surface area contributed by atoms with Crippen LogP contribution in [0.2, 0.25) is 0 Å². The zero-order chi connectivity index (χ0) is 17.2. The summed E-state index contributed by atoms with van der Waals surface area (Å²) in [6, 6.07) is 13.1. The average molecular weight is 327 g/mol. The van der Waals surface area contributed by atoms with Crippen LogP contribution in [-0.2, 0) is 4.74 Å². The van der Waals surface area contributed by atoms with Crippen molar-refractivity contribution in [1.29, 1.82) is 0 Å². The molecule has 0 saturated heterocycles. The van der Waals surface area contributed by atoms with Gasteiger partial charge in [0.15, 0.2) is 0 Å². The Morgan fingerprint density at radius 1 is 1.00 bits per heavy atom. The molecule has 0 bridgehead atoms. The summed E-state index contributed by atoms with van der Waals surface area (Å²) in [5, 5.41) is 0. The van der Waals surface area contributed by atoms with Crippen molar-refractivity contribution in [2.45, 2.75) is 39.5 Å². The smallest absolute Gasteiger partial charge is 0.356 e. The molecule has 0 radical (unpaired) electrons. The van der Waals surface area contributed by atoms with Crippen LogP contribution in [0, 0.1) is 0 Å². The first-order chi connectivity index (χ1) is 11.7. The van der Waals surface area contributed by atoms with Crippen LogP contribution in [-0.4, -0.2) is 24.2 Å². The van der Waals surface area contributed by atoms with Gasteiger partial charge in [0.25, 0.3) is 0 Å². The number of esters is 1. The second-order valence-corrected chi connectivity index (χ2v) is 5.56. The molecule has 1 aromatic carbocycles. The first-order valence-electron chi connectivity index (χ1n) is 8.62. The summed E-state index contributed by atoms with van der Waals surface area (Å²) in [6.07, 6.45) is 4.32. The largest absolute Gasteiger partial charge is 0.494 e. The topological polar surface area (TPSA) is 48.4 Å². The predicted octanol–water partition coefficient (Wildman–Crippen LogP) is 4.88. The zero-order valence-corrected chi connectivity index (χ0v) is 14.5. The van der Waals surface area contributed by atoms with Crippen LogP contribution in [0.3, 0.4) is 0 Å². The van der Waals surface area contributed by atoms with Gasteiger partial charge in [-0.05, 0) is 49.7 Å². The van der Waals surface area contributed by atoms with E-state index in [1.165, 1.54) is 12.8 Å². The molecule has 0 aliphatic rings. The summed E-state index contributed by atoms with van der Waals surface area (Å²) in [5.41, 5.74) is 2.03. The normalized spacial score (nSPS) is 10.4. The summed E-state index contributed by atoms with van der Waals surface area (Å²) >= 11 is 0. The van der Waals surface area contributed by atoms with Gasteiger partial charge in [-0.1, -0.05) is 32.3 Å². The molecule has 0 unspecified atom stereocenters. The highest BCUT2D eigenvalue weighted by Gasteiger charge is 2.10. The third-order valence-corrected chi connectivity index (χ3v) is 3.65. The Morgan fingerprint density at radius 2 is 1.79 bits per heavy atom. The molecule has 0 N–H and O–H groups in total. The van der Waals surface area contributed by atoms with Gasteiger partial charge in [0.2, 0.25) is 0 Å². The van der Waals surface area contributed by atoms with Gasteiger partial charge in [0.1, 0.15) is 11.4 Å². The lowest BCUT2D eigenvalue weighted by atomic mass is 10.1. The van der Waals surface area contributed by atoms with Crippen LogP contribution >= 0.6 is 0 Å². The van der Waals surface area contributed by atoms with Crippen LogP contribution in [0.15, 0.2) is 42.5 Å². The van der Waals surface area contributed by atoms with Crippen molar-refractivity contribution in [3.8, 4) is 17.0 Å². The van der Waals surface area contributed by atoms with Crippen molar-refractivity contribution in [1.82, 2.24) is 4.98 Å². The Bertz CT molecular complexity index is 638. The molecule has 0 fully saturated rings. The number of rotatable bonds is 9. The standard InChI is InChI=1S/C20H25NO3/c1-3-5-6-7-15-24-20(22)19-10-8-9-18(21-19)16-11-13-17(14-12-16)23-4-2/h8-14H,3-7,15H2,1-2H3. The SMILES string of the molecule is CCCCCCOC(=O)c1cccc(-c2ccc(OCC)cc2)n1. The lowest BCUT2D eigenvalue weighted by molar-refractivity contribution is 0.0491. The molecule has 0 amide bonds. The maximum atomic E-state index is 12.1. The fourth-order valence-corrected chi connectivity index (χ4v) is 2.37. The second-order valence-electron chi connectivity index (χ2n) is 5.56. The number of hydrogen-bond donors (Lipinski definition) is 0. The van der Waals surface area contributed by atoms with E-state index in [-0.39, 0.29) is 5.97 Å². The van der Waals surface area contributed by atoms with E-state index in [9.17, 15) is 4.79 Å². The van der Waals surface area contributed by atoms with Gasteiger partial charge in [-0.15, -0.1) is 0 Å². The van der Waals surface area contributed by atoms with E-state index in [2.05, 4.69) is 11.9 Å². The molecule has 0 saturated carbocycles. The van der Waals surface area contributed by atoms with Gasteiger partial charge >= 0.3 is 5.97 Å². The molecule has 4 heteroatoms. The summed E-state index contributed by atoms with van der Waals surface area (Å²) in [6.45, 7) is 5.19. The summed E-state index contributed by atoms with van der Waals surface area (Å²) < 4.78 is 10.7. The number of aromatic nitrogens is 1. The highest BCUT2D eigenvalue weighted by molar-refractivity contribution is 5.87. The maximum absolute atomic E-state index is 12.1. The fourth-order valence-electron chi connectivity index (χ4n) is 2.37. The maximum Gasteiger partial charge on any atom is 0.356 e. The third-order valence-electron chi connectivity index (χ3n) is 3.65. The van der Waals surface area contributed by atoms with E-state index < -0.39 is 0 Å². The Balaban J connectivity index is 1.98. The Morgan fingerprint density at radius 3 is 2.50 bits per heavy atom. The number of benzene rings is 1. The van der Waals surface area contributed by atoms with Crippen molar-refractivity contribution >= 4 is 5.97 Å². The van der Waals surface area contributed by atoms with Crippen LogP contribution in [0.5, 0.6) is 5.75 Å². The molecule has 0 aliphatic carbocycles. The summed E-state index contributed by atoms with van der Waals surface area (Å²) in [7, 11) is 0. The number of carbonyl (C=O) groups excluding carboxylic acids is 1. The summed E-state index contributed by atoms with van der Waals surface area (Å²) in [5.74, 6) is 0.461. The third kappa shape index (κ3) is 5.37. The molecule has 0 spiro atoms. The first-order valence-corrected chi connectivity index (χ1v) is 8.62.